The lowest BCUT2D eigenvalue weighted by atomic mass is 10.1. The van der Waals surface area contributed by atoms with Gasteiger partial charge in [-0.1, -0.05) is 18.2 Å². The van der Waals surface area contributed by atoms with Gasteiger partial charge in [0, 0.05) is 23.9 Å². The molecule has 0 saturated carbocycles. The Labute approximate surface area is 127 Å². The lowest BCUT2D eigenvalue weighted by Gasteiger charge is -2.26. The van der Waals surface area contributed by atoms with Crippen molar-refractivity contribution < 1.29 is 14.6 Å². The highest BCUT2D eigenvalue weighted by molar-refractivity contribution is 7.21. The normalized spacial score (nSPS) is 22.2. The molecule has 1 aliphatic heterocycles. The van der Waals surface area contributed by atoms with Crippen molar-refractivity contribution in [2.45, 2.75) is 32.0 Å². The fourth-order valence-electron chi connectivity index (χ4n) is 3.09. The van der Waals surface area contributed by atoms with Crippen molar-refractivity contribution in [1.82, 2.24) is 4.90 Å². The summed E-state index contributed by atoms with van der Waals surface area (Å²) in [7, 11) is 2.05. The minimum absolute atomic E-state index is 0.202. The molecular formula is C16H19NO3S. The summed E-state index contributed by atoms with van der Waals surface area (Å²) >= 11 is 1.36. The Hall–Kier alpha value is -1.43. The quantitative estimate of drug-likeness (QED) is 0.942. The van der Waals surface area contributed by atoms with Crippen LogP contribution in [0.1, 0.15) is 28.6 Å². The Morgan fingerprint density at radius 1 is 1.48 bits per heavy atom. The number of hydrogen-bond donors (Lipinski definition) is 1. The molecule has 1 saturated heterocycles. The topological polar surface area (TPSA) is 49.8 Å². The fraction of sp³-hybridized carbons (Fsp3) is 0.438. The Morgan fingerprint density at radius 2 is 2.24 bits per heavy atom. The molecule has 0 amide bonds. The molecule has 0 radical (unpaired) electrons. The van der Waals surface area contributed by atoms with Crippen molar-refractivity contribution in [3.8, 4) is 0 Å². The van der Waals surface area contributed by atoms with E-state index in [1.54, 1.807) is 0 Å². The number of rotatable bonds is 4. The number of carboxylic acid groups (broad SMARTS) is 1. The molecule has 4 nitrogen and oxygen atoms in total. The van der Waals surface area contributed by atoms with E-state index >= 15 is 0 Å². The zero-order valence-corrected chi connectivity index (χ0v) is 13.0. The number of hydrogen-bond acceptors (Lipinski definition) is 4. The molecule has 0 spiro atoms. The second-order valence-electron chi connectivity index (χ2n) is 5.56. The first-order valence-electron chi connectivity index (χ1n) is 7.13. The van der Waals surface area contributed by atoms with E-state index in [4.69, 9.17) is 4.74 Å². The van der Waals surface area contributed by atoms with Gasteiger partial charge >= 0.3 is 5.97 Å². The summed E-state index contributed by atoms with van der Waals surface area (Å²) in [6.07, 6.45) is 1.20. The first kappa shape index (κ1) is 14.5. The third kappa shape index (κ3) is 2.69. The Bertz CT molecular complexity index is 667. The largest absolute Gasteiger partial charge is 0.477 e. The Morgan fingerprint density at radius 3 is 2.90 bits per heavy atom. The van der Waals surface area contributed by atoms with E-state index in [0.717, 1.165) is 28.7 Å². The molecule has 5 heteroatoms. The number of ether oxygens (including phenoxy) is 1. The molecule has 2 atom stereocenters. The van der Waals surface area contributed by atoms with Gasteiger partial charge in [0.2, 0.25) is 0 Å². The van der Waals surface area contributed by atoms with Crippen LogP contribution in [0.4, 0.5) is 0 Å². The van der Waals surface area contributed by atoms with Crippen molar-refractivity contribution in [2.75, 3.05) is 13.7 Å². The van der Waals surface area contributed by atoms with Gasteiger partial charge in [-0.05, 0) is 37.4 Å². The molecule has 3 rings (SSSR count). The van der Waals surface area contributed by atoms with Crippen molar-refractivity contribution in [2.24, 2.45) is 0 Å². The summed E-state index contributed by atoms with van der Waals surface area (Å²) in [6, 6.07) is 8.26. The molecule has 2 aromatic rings. The standard InChI is InChI=1S/C16H19NO3S/c1-10-13(7-8-20-10)17(2)9-12-11-5-3-4-6-14(11)21-15(12)16(18)19/h3-6,10,13H,7-9H2,1-2H3,(H,18,19). The van der Waals surface area contributed by atoms with Gasteiger partial charge in [-0.25, -0.2) is 4.79 Å². The van der Waals surface area contributed by atoms with Crippen molar-refractivity contribution in [1.29, 1.82) is 0 Å². The van der Waals surface area contributed by atoms with Crippen LogP contribution in [0.15, 0.2) is 24.3 Å². The van der Waals surface area contributed by atoms with Gasteiger partial charge in [0.15, 0.2) is 0 Å². The van der Waals surface area contributed by atoms with Crippen molar-refractivity contribution in [3.05, 3.63) is 34.7 Å². The average molecular weight is 305 g/mol. The maximum Gasteiger partial charge on any atom is 0.346 e. The van der Waals surface area contributed by atoms with Crippen LogP contribution in [0, 0.1) is 0 Å². The van der Waals surface area contributed by atoms with E-state index in [-0.39, 0.29) is 6.10 Å². The van der Waals surface area contributed by atoms with E-state index in [2.05, 4.69) is 11.8 Å². The lowest BCUT2D eigenvalue weighted by Crippen LogP contribution is -2.36. The van der Waals surface area contributed by atoms with Gasteiger partial charge in [-0.15, -0.1) is 11.3 Å². The van der Waals surface area contributed by atoms with Gasteiger partial charge in [0.1, 0.15) is 4.88 Å². The smallest absolute Gasteiger partial charge is 0.346 e. The molecular weight excluding hydrogens is 286 g/mol. The maximum atomic E-state index is 11.5. The van der Waals surface area contributed by atoms with Crippen LogP contribution in [0.25, 0.3) is 10.1 Å². The second kappa shape index (κ2) is 5.75. The summed E-state index contributed by atoms with van der Waals surface area (Å²) in [5, 5.41) is 10.5. The summed E-state index contributed by atoms with van der Waals surface area (Å²) in [5.41, 5.74) is 0.921. The van der Waals surface area contributed by atoms with Crippen molar-refractivity contribution >= 4 is 27.4 Å². The summed E-state index contributed by atoms with van der Waals surface area (Å²) in [4.78, 5) is 14.2. The van der Waals surface area contributed by atoms with E-state index < -0.39 is 5.97 Å². The van der Waals surface area contributed by atoms with Crippen LogP contribution < -0.4 is 0 Å². The summed E-state index contributed by atoms with van der Waals surface area (Å²) in [5.74, 6) is -0.838. The van der Waals surface area contributed by atoms with E-state index in [0.29, 0.717) is 17.5 Å². The number of carboxylic acids is 1. The first-order valence-corrected chi connectivity index (χ1v) is 7.95. The van der Waals surface area contributed by atoms with E-state index in [1.165, 1.54) is 11.3 Å². The van der Waals surface area contributed by atoms with Gasteiger partial charge in [-0.3, -0.25) is 4.90 Å². The Balaban J connectivity index is 1.95. The highest BCUT2D eigenvalue weighted by Gasteiger charge is 2.29. The molecule has 1 aromatic heterocycles. The molecule has 1 aliphatic rings. The van der Waals surface area contributed by atoms with Crippen molar-refractivity contribution in [3.63, 3.8) is 0 Å². The van der Waals surface area contributed by atoms with Crippen LogP contribution in [0.5, 0.6) is 0 Å². The zero-order chi connectivity index (χ0) is 15.0. The van der Waals surface area contributed by atoms with E-state index in [9.17, 15) is 9.90 Å². The molecule has 21 heavy (non-hydrogen) atoms. The molecule has 2 unspecified atom stereocenters. The third-order valence-corrected chi connectivity index (χ3v) is 5.40. The summed E-state index contributed by atoms with van der Waals surface area (Å²) in [6.45, 7) is 3.51. The van der Waals surface area contributed by atoms with E-state index in [1.807, 2.05) is 31.3 Å². The minimum atomic E-state index is -0.838. The van der Waals surface area contributed by atoms with Crippen LogP contribution in [0.3, 0.4) is 0 Å². The maximum absolute atomic E-state index is 11.5. The van der Waals surface area contributed by atoms with Crippen LogP contribution >= 0.6 is 11.3 Å². The highest BCUT2D eigenvalue weighted by atomic mass is 32.1. The van der Waals surface area contributed by atoms with Gasteiger partial charge in [-0.2, -0.15) is 0 Å². The molecule has 1 aromatic carbocycles. The molecule has 112 valence electrons. The number of benzene rings is 1. The zero-order valence-electron chi connectivity index (χ0n) is 12.2. The molecule has 0 aliphatic carbocycles. The van der Waals surface area contributed by atoms with Gasteiger partial charge in [0.25, 0.3) is 0 Å². The minimum Gasteiger partial charge on any atom is -0.477 e. The predicted octanol–water partition coefficient (Wildman–Crippen LogP) is 3.21. The average Bonchev–Trinajstić information content (AvgIpc) is 3.03. The third-order valence-electron chi connectivity index (χ3n) is 4.20. The highest BCUT2D eigenvalue weighted by Crippen LogP contribution is 2.33. The molecule has 1 N–H and O–H groups in total. The number of thiophene rings is 1. The monoisotopic (exact) mass is 305 g/mol. The van der Waals surface area contributed by atoms with Crippen LogP contribution in [0.2, 0.25) is 0 Å². The molecule has 1 fully saturated rings. The number of nitrogens with zero attached hydrogens (tertiary/aromatic N) is 1. The summed E-state index contributed by atoms with van der Waals surface area (Å²) < 4.78 is 6.65. The fourth-order valence-corrected chi connectivity index (χ4v) is 4.15. The lowest BCUT2D eigenvalue weighted by molar-refractivity contribution is 0.0696. The number of carbonyl (C=O) groups is 1. The first-order chi connectivity index (χ1) is 10.1. The predicted molar refractivity (Wildman–Crippen MR) is 84.1 cm³/mol. The number of likely N-dealkylation sites (N-methyl/N-ethyl adjacent to an activating group) is 1. The van der Waals surface area contributed by atoms with Crippen LogP contribution in [-0.2, 0) is 11.3 Å². The second-order valence-corrected chi connectivity index (χ2v) is 6.61. The Kier molecular flexibility index (Phi) is 3.97. The molecule has 0 bridgehead atoms. The van der Waals surface area contributed by atoms with Crippen LogP contribution in [-0.4, -0.2) is 41.8 Å². The SMILES string of the molecule is CC1OCCC1N(C)Cc1c(C(=O)O)sc2ccccc12. The van der Waals surface area contributed by atoms with Gasteiger partial charge in [0.05, 0.1) is 6.10 Å². The molecule has 2 heterocycles. The number of aromatic carboxylic acids is 1. The number of fused-ring (bicyclic) bond motifs is 1. The van der Waals surface area contributed by atoms with Gasteiger partial charge < -0.3 is 9.84 Å².